The van der Waals surface area contributed by atoms with Crippen LogP contribution in [0.2, 0.25) is 5.02 Å². The summed E-state index contributed by atoms with van der Waals surface area (Å²) >= 11 is 6.00. The summed E-state index contributed by atoms with van der Waals surface area (Å²) in [7, 11) is 2.74. The molecule has 2 aromatic rings. The van der Waals surface area contributed by atoms with Gasteiger partial charge in [0.1, 0.15) is 11.3 Å². The molecule has 0 atom stereocenters. The van der Waals surface area contributed by atoms with Gasteiger partial charge in [-0.15, -0.1) is 0 Å². The molecule has 0 radical (unpaired) electrons. The van der Waals surface area contributed by atoms with Gasteiger partial charge in [0.15, 0.2) is 5.76 Å². The maximum absolute atomic E-state index is 12.9. The number of hydrogen-bond donors (Lipinski definition) is 1. The number of halogens is 4. The number of carbonyl (C=O) groups excluding carboxylic acids is 1. The van der Waals surface area contributed by atoms with Crippen LogP contribution >= 0.6 is 11.6 Å². The molecule has 2 rings (SSSR count). The van der Waals surface area contributed by atoms with Crippen LogP contribution in [0.1, 0.15) is 16.1 Å². The number of benzene rings is 1. The van der Waals surface area contributed by atoms with Crippen LogP contribution in [0.25, 0.3) is 16.8 Å². The molecule has 0 unspecified atom stereocenters. The van der Waals surface area contributed by atoms with Gasteiger partial charge in [-0.1, -0.05) is 35.0 Å². The zero-order valence-corrected chi connectivity index (χ0v) is 14.2. The Morgan fingerprint density at radius 1 is 1.27 bits per heavy atom. The third-order valence-corrected chi connectivity index (χ3v) is 3.50. The number of hydrogen-bond acceptors (Lipinski definition) is 5. The Hall–Kier alpha value is -2.81. The summed E-state index contributed by atoms with van der Waals surface area (Å²) < 4.78 is 43.6. The lowest BCUT2D eigenvalue weighted by molar-refractivity contribution is -0.164. The van der Waals surface area contributed by atoms with Gasteiger partial charge in [0, 0.05) is 25.9 Å². The van der Waals surface area contributed by atoms with E-state index >= 15 is 0 Å². The van der Waals surface area contributed by atoms with Gasteiger partial charge < -0.3 is 14.5 Å². The van der Waals surface area contributed by atoms with E-state index in [-0.39, 0.29) is 16.3 Å². The Bertz CT molecular complexity index is 888. The molecule has 0 aliphatic carbocycles. The van der Waals surface area contributed by atoms with Gasteiger partial charge >= 0.3 is 12.1 Å². The van der Waals surface area contributed by atoms with E-state index in [0.717, 1.165) is 11.1 Å². The Kier molecular flexibility index (Phi) is 5.41. The molecule has 0 saturated carbocycles. The summed E-state index contributed by atoms with van der Waals surface area (Å²) in [5.74, 6) is -4.67. The summed E-state index contributed by atoms with van der Waals surface area (Å²) in [5.41, 5.74) is -1.81. The summed E-state index contributed by atoms with van der Waals surface area (Å²) in [5, 5.41) is 13.1. The zero-order valence-electron chi connectivity index (χ0n) is 13.5. The number of carboxylic acids is 1. The lowest BCUT2D eigenvalue weighted by atomic mass is 10.0. The van der Waals surface area contributed by atoms with Crippen LogP contribution in [0.5, 0.6) is 0 Å². The van der Waals surface area contributed by atoms with Crippen LogP contribution in [-0.2, 0) is 4.79 Å². The lowest BCUT2D eigenvalue weighted by Gasteiger charge is -2.11. The van der Waals surface area contributed by atoms with Gasteiger partial charge in [-0.2, -0.15) is 13.2 Å². The van der Waals surface area contributed by atoms with E-state index in [9.17, 15) is 27.9 Å². The number of ketones is 1. The van der Waals surface area contributed by atoms with E-state index in [0.29, 0.717) is 0 Å². The van der Waals surface area contributed by atoms with Crippen molar-refractivity contribution in [3.8, 4) is 11.3 Å². The van der Waals surface area contributed by atoms with E-state index in [1.165, 1.54) is 26.2 Å². The molecule has 6 nitrogen and oxygen atoms in total. The average Bonchev–Trinajstić information content (AvgIpc) is 2.96. The highest BCUT2D eigenvalue weighted by Gasteiger charge is 2.44. The van der Waals surface area contributed by atoms with Crippen LogP contribution in [-0.4, -0.2) is 47.2 Å². The first-order valence-electron chi connectivity index (χ1n) is 7.02. The molecule has 26 heavy (non-hydrogen) atoms. The van der Waals surface area contributed by atoms with Gasteiger partial charge in [0.05, 0.1) is 10.6 Å². The van der Waals surface area contributed by atoms with E-state index < -0.39 is 34.8 Å². The highest BCUT2D eigenvalue weighted by atomic mass is 35.5. The second kappa shape index (κ2) is 7.20. The molecule has 0 aliphatic rings. The summed E-state index contributed by atoms with van der Waals surface area (Å²) in [6.45, 7) is 0. The number of aromatic carboxylic acids is 1. The van der Waals surface area contributed by atoms with Gasteiger partial charge in [0.2, 0.25) is 0 Å². The van der Waals surface area contributed by atoms with E-state index in [1.54, 1.807) is 12.1 Å². The second-order valence-corrected chi connectivity index (χ2v) is 5.76. The monoisotopic (exact) mass is 388 g/mol. The number of nitrogens with zero attached hydrogens (tertiary/aromatic N) is 2. The van der Waals surface area contributed by atoms with Crippen molar-refractivity contribution in [2.75, 3.05) is 14.1 Å². The van der Waals surface area contributed by atoms with Crippen molar-refractivity contribution in [1.82, 2.24) is 10.1 Å². The Morgan fingerprint density at radius 3 is 2.38 bits per heavy atom. The van der Waals surface area contributed by atoms with Crippen LogP contribution in [0.15, 0.2) is 35.0 Å². The van der Waals surface area contributed by atoms with Crippen molar-refractivity contribution in [3.63, 3.8) is 0 Å². The standard InChI is InChI=1S/C16H12ClF3N2O4/c1-22(2)7-9(14(23)16(18,19)20)13-11(15(24)25)12(21-26-13)8-5-3-4-6-10(8)17/h3-7H,1-2H3,(H,24,25)/b9-7-. The van der Waals surface area contributed by atoms with Crippen molar-refractivity contribution in [1.29, 1.82) is 0 Å². The van der Waals surface area contributed by atoms with Crippen LogP contribution in [0.3, 0.4) is 0 Å². The molecule has 10 heteroatoms. The quantitative estimate of drug-likeness (QED) is 0.786. The highest BCUT2D eigenvalue weighted by Crippen LogP contribution is 2.36. The SMILES string of the molecule is CN(C)/C=C(\C(=O)C(F)(F)F)c1onc(-c2ccccc2Cl)c1C(=O)O. The Labute approximate surface area is 150 Å². The van der Waals surface area contributed by atoms with E-state index in [2.05, 4.69) is 5.16 Å². The van der Waals surface area contributed by atoms with Crippen LogP contribution < -0.4 is 0 Å². The Morgan fingerprint density at radius 2 is 1.88 bits per heavy atom. The summed E-state index contributed by atoms with van der Waals surface area (Å²) in [4.78, 5) is 24.6. The number of rotatable bonds is 5. The first-order chi connectivity index (χ1) is 12.0. The van der Waals surface area contributed by atoms with Crippen LogP contribution in [0, 0.1) is 0 Å². The topological polar surface area (TPSA) is 83.6 Å². The maximum Gasteiger partial charge on any atom is 0.455 e. The molecule has 1 N–H and O–H groups in total. The van der Waals surface area contributed by atoms with E-state index in [1.807, 2.05) is 0 Å². The second-order valence-electron chi connectivity index (χ2n) is 5.35. The lowest BCUT2D eigenvalue weighted by Crippen LogP contribution is -2.25. The summed E-state index contributed by atoms with van der Waals surface area (Å²) in [6.07, 6.45) is -4.41. The molecule has 0 spiro atoms. The van der Waals surface area contributed by atoms with E-state index in [4.69, 9.17) is 16.1 Å². The predicted octanol–water partition coefficient (Wildman–Crippen LogP) is 3.73. The van der Waals surface area contributed by atoms with Crippen LogP contribution in [0.4, 0.5) is 13.2 Å². The van der Waals surface area contributed by atoms with Gasteiger partial charge in [-0.05, 0) is 6.07 Å². The number of carboxylic acid groups (broad SMARTS) is 1. The molecule has 0 aliphatic heterocycles. The molecule has 1 aromatic carbocycles. The largest absolute Gasteiger partial charge is 0.477 e. The fraction of sp³-hybridized carbons (Fsp3) is 0.188. The third-order valence-electron chi connectivity index (χ3n) is 3.17. The van der Waals surface area contributed by atoms with Gasteiger partial charge in [-0.25, -0.2) is 4.79 Å². The van der Waals surface area contributed by atoms with Crippen molar-refractivity contribution < 1.29 is 32.4 Å². The zero-order chi connectivity index (χ0) is 19.6. The molecular weight excluding hydrogens is 377 g/mol. The molecule has 1 heterocycles. The van der Waals surface area contributed by atoms with Crippen molar-refractivity contribution in [2.45, 2.75) is 6.18 Å². The first kappa shape index (κ1) is 19.5. The maximum atomic E-state index is 12.9. The average molecular weight is 389 g/mol. The molecular formula is C16H12ClF3N2O4. The van der Waals surface area contributed by atoms with Gasteiger partial charge in [-0.3, -0.25) is 4.79 Å². The smallest absolute Gasteiger partial charge is 0.455 e. The normalized spacial score (nSPS) is 12.2. The van der Waals surface area contributed by atoms with Gasteiger partial charge in [0.25, 0.3) is 5.78 Å². The molecule has 1 aromatic heterocycles. The fourth-order valence-electron chi connectivity index (χ4n) is 2.14. The third kappa shape index (κ3) is 3.88. The fourth-order valence-corrected chi connectivity index (χ4v) is 2.37. The number of aromatic nitrogens is 1. The first-order valence-corrected chi connectivity index (χ1v) is 7.39. The number of allylic oxidation sites excluding steroid dienone is 1. The number of alkyl halides is 3. The molecule has 138 valence electrons. The van der Waals surface area contributed by atoms with Crippen molar-refractivity contribution >= 4 is 28.9 Å². The number of carbonyl (C=O) groups is 2. The molecule has 0 bridgehead atoms. The minimum absolute atomic E-state index is 0.120. The van der Waals surface area contributed by atoms with Crippen molar-refractivity contribution in [2.24, 2.45) is 0 Å². The minimum atomic E-state index is -5.23. The Balaban J connectivity index is 2.74. The number of Topliss-reactive ketones (excluding diaryl/α,β-unsaturated/α-hetero) is 1. The molecule has 0 saturated heterocycles. The predicted molar refractivity (Wildman–Crippen MR) is 86.6 cm³/mol. The van der Waals surface area contributed by atoms with Crippen molar-refractivity contribution in [3.05, 3.63) is 46.8 Å². The minimum Gasteiger partial charge on any atom is -0.477 e. The highest BCUT2D eigenvalue weighted by molar-refractivity contribution is 6.33. The molecule has 0 fully saturated rings. The molecule has 0 amide bonds. The summed E-state index contributed by atoms with van der Waals surface area (Å²) in [6, 6.07) is 6.00.